The Hall–Kier alpha value is -2.74. The zero-order valence-corrected chi connectivity index (χ0v) is 19.0. The number of ether oxygens (including phenoxy) is 1. The molecule has 2 rings (SSSR count). The van der Waals surface area contributed by atoms with Gasteiger partial charge in [-0.15, -0.1) is 13.2 Å². The molecule has 192 valence electrons. The van der Waals surface area contributed by atoms with E-state index in [4.69, 9.17) is 0 Å². The van der Waals surface area contributed by atoms with Crippen molar-refractivity contribution in [2.24, 2.45) is 5.92 Å². The monoisotopic (exact) mass is 494 g/mol. The molecule has 0 aromatic rings. The van der Waals surface area contributed by atoms with Crippen molar-refractivity contribution in [2.75, 3.05) is 19.7 Å². The van der Waals surface area contributed by atoms with E-state index in [0.29, 0.717) is 13.0 Å². The van der Waals surface area contributed by atoms with E-state index in [1.807, 2.05) is 0 Å². The van der Waals surface area contributed by atoms with E-state index in [9.17, 15) is 42.3 Å². The third kappa shape index (κ3) is 7.94. The first-order chi connectivity index (χ1) is 15.6. The highest BCUT2D eigenvalue weighted by Crippen LogP contribution is 2.22. The van der Waals surface area contributed by atoms with Crippen molar-refractivity contribution in [2.45, 2.75) is 70.1 Å². The van der Waals surface area contributed by atoms with Gasteiger partial charge >= 0.3 is 18.2 Å². The van der Waals surface area contributed by atoms with Crippen molar-refractivity contribution in [3.05, 3.63) is 0 Å². The van der Waals surface area contributed by atoms with Gasteiger partial charge in [0.2, 0.25) is 11.8 Å². The number of hydrogen-bond acceptors (Lipinski definition) is 7. The van der Waals surface area contributed by atoms with Crippen molar-refractivity contribution in [1.29, 1.82) is 0 Å². The van der Waals surface area contributed by atoms with Crippen LogP contribution in [-0.4, -0.2) is 89.2 Å². The van der Waals surface area contributed by atoms with Crippen LogP contribution in [0.1, 0.15) is 40.0 Å². The lowest BCUT2D eigenvalue weighted by Crippen LogP contribution is -2.55. The van der Waals surface area contributed by atoms with E-state index in [0.717, 1.165) is 4.90 Å². The van der Waals surface area contributed by atoms with Crippen molar-refractivity contribution in [3.63, 3.8) is 0 Å². The minimum absolute atomic E-state index is 0.246. The Kier molecular flexibility index (Phi) is 8.64. The van der Waals surface area contributed by atoms with Crippen LogP contribution in [0.2, 0.25) is 0 Å². The van der Waals surface area contributed by atoms with E-state index in [-0.39, 0.29) is 19.4 Å². The largest absolute Gasteiger partial charge is 0.522 e. The zero-order chi connectivity index (χ0) is 25.8. The quantitative estimate of drug-likeness (QED) is 0.330. The van der Waals surface area contributed by atoms with Crippen LogP contribution in [0, 0.1) is 5.92 Å². The number of aliphatic hydroxyl groups is 1. The Morgan fingerprint density at radius 3 is 2.41 bits per heavy atom. The van der Waals surface area contributed by atoms with Gasteiger partial charge in [-0.2, -0.15) is 0 Å². The van der Waals surface area contributed by atoms with Crippen molar-refractivity contribution in [3.8, 4) is 0 Å². The van der Waals surface area contributed by atoms with Crippen LogP contribution in [0.5, 0.6) is 0 Å². The molecule has 4 atom stereocenters. The summed E-state index contributed by atoms with van der Waals surface area (Å²) in [6.07, 6.45) is -6.41. The number of aliphatic hydroxyl groups excluding tert-OH is 1. The molecule has 34 heavy (non-hydrogen) atoms. The topological polar surface area (TPSA) is 154 Å². The molecule has 11 nitrogen and oxygen atoms in total. The third-order valence-corrected chi connectivity index (χ3v) is 5.29. The number of halogens is 3. The molecule has 4 N–H and O–H groups in total. The summed E-state index contributed by atoms with van der Waals surface area (Å²) in [5.41, 5.74) is -0.749. The number of ketones is 1. The number of nitrogens with one attached hydrogen (secondary N) is 3. The average molecular weight is 494 g/mol. The second kappa shape index (κ2) is 10.7. The van der Waals surface area contributed by atoms with Crippen LogP contribution in [0.4, 0.5) is 13.2 Å². The molecule has 2 aliphatic heterocycles. The maximum Gasteiger partial charge on any atom is 0.522 e. The predicted octanol–water partition coefficient (Wildman–Crippen LogP) is -1.02. The Bertz CT molecular complexity index is 828. The molecule has 0 aromatic heterocycles. The molecule has 0 bridgehead atoms. The number of carbonyl (C=O) groups is 5. The summed E-state index contributed by atoms with van der Waals surface area (Å²) in [5.74, 6) is -5.27. The van der Waals surface area contributed by atoms with Crippen LogP contribution in [0.25, 0.3) is 0 Å². The van der Waals surface area contributed by atoms with Crippen LogP contribution in [0.15, 0.2) is 0 Å². The van der Waals surface area contributed by atoms with E-state index in [2.05, 4.69) is 20.7 Å². The lowest BCUT2D eigenvalue weighted by molar-refractivity contribution is -0.321. The second-order valence-electron chi connectivity index (χ2n) is 9.34. The third-order valence-electron chi connectivity index (χ3n) is 5.29. The van der Waals surface area contributed by atoms with Crippen LogP contribution in [0.3, 0.4) is 0 Å². The molecular formula is C20H29F3N4O7. The Labute approximate surface area is 193 Å². The Morgan fingerprint density at radius 1 is 1.24 bits per heavy atom. The summed E-state index contributed by atoms with van der Waals surface area (Å²) in [4.78, 5) is 62.9. The number of Topliss-reactive ketones (excluding diaryl/α,β-unsaturated/α-hetero) is 1. The summed E-state index contributed by atoms with van der Waals surface area (Å²) in [5, 5.41) is 17.3. The van der Waals surface area contributed by atoms with E-state index < -0.39 is 72.0 Å². The van der Waals surface area contributed by atoms with Crippen LogP contribution >= 0.6 is 0 Å². The zero-order valence-electron chi connectivity index (χ0n) is 19.0. The highest BCUT2D eigenvalue weighted by Gasteiger charge is 2.43. The molecule has 2 aliphatic rings. The molecule has 2 heterocycles. The van der Waals surface area contributed by atoms with E-state index in [1.54, 1.807) is 20.8 Å². The van der Waals surface area contributed by atoms with Gasteiger partial charge in [0.15, 0.2) is 5.78 Å². The van der Waals surface area contributed by atoms with Gasteiger partial charge in [0.1, 0.15) is 12.6 Å². The smallest absolute Gasteiger partial charge is 0.391 e. The Balaban J connectivity index is 2.15. The summed E-state index contributed by atoms with van der Waals surface area (Å²) >= 11 is 0. The summed E-state index contributed by atoms with van der Waals surface area (Å²) in [7, 11) is 0. The van der Waals surface area contributed by atoms with Gasteiger partial charge in [-0.25, -0.2) is 0 Å². The van der Waals surface area contributed by atoms with Crippen molar-refractivity contribution >= 4 is 29.4 Å². The SMILES string of the molecule is CC(C)(C)NC(=O)C(=O)N1C[C@H](O)C[C@H]1C(=O)N[C@@H](C[C@@H]1CCNC1=O)C(=O)COC(F)(F)F. The first kappa shape index (κ1) is 27.5. The Morgan fingerprint density at radius 2 is 1.88 bits per heavy atom. The number of carbonyl (C=O) groups excluding carboxylic acids is 5. The second-order valence-corrected chi connectivity index (χ2v) is 9.34. The van der Waals surface area contributed by atoms with E-state index >= 15 is 0 Å². The average Bonchev–Trinajstić information content (AvgIpc) is 3.28. The molecule has 2 saturated heterocycles. The summed E-state index contributed by atoms with van der Waals surface area (Å²) < 4.78 is 40.8. The molecule has 0 unspecified atom stereocenters. The predicted molar refractivity (Wildman–Crippen MR) is 109 cm³/mol. The van der Waals surface area contributed by atoms with Crippen molar-refractivity contribution < 1.29 is 47.0 Å². The minimum Gasteiger partial charge on any atom is -0.391 e. The number of amides is 4. The number of likely N-dealkylation sites (tertiary alicyclic amines) is 1. The number of rotatable bonds is 7. The lowest BCUT2D eigenvalue weighted by atomic mass is 9.95. The van der Waals surface area contributed by atoms with E-state index in [1.165, 1.54) is 0 Å². The van der Waals surface area contributed by atoms with Gasteiger partial charge in [0, 0.05) is 31.0 Å². The first-order valence-electron chi connectivity index (χ1n) is 10.7. The van der Waals surface area contributed by atoms with Gasteiger partial charge in [-0.05, 0) is 33.6 Å². The fourth-order valence-electron chi connectivity index (χ4n) is 3.76. The standard InChI is InChI=1S/C20H29F3N4O7/c1-19(2,3)26-17(32)18(33)27-8-11(28)7-13(27)16(31)25-12(6-10-4-5-24-15(10)30)14(29)9-34-20(21,22)23/h10-13,28H,4-9H2,1-3H3,(H,24,30)(H,25,31)(H,26,32)/t10-,11+,12-,13-/m0/s1. The molecule has 0 spiro atoms. The molecular weight excluding hydrogens is 465 g/mol. The molecule has 0 radical (unpaired) electrons. The van der Waals surface area contributed by atoms with Gasteiger partial charge in [0.05, 0.1) is 12.1 Å². The number of alkyl halides is 3. The first-order valence-corrected chi connectivity index (χ1v) is 10.7. The number of nitrogens with zero attached hydrogens (tertiary/aromatic N) is 1. The fourth-order valence-corrected chi connectivity index (χ4v) is 3.76. The molecule has 0 aromatic carbocycles. The maximum absolute atomic E-state index is 12.9. The molecule has 4 amide bonds. The highest BCUT2D eigenvalue weighted by atomic mass is 19.4. The molecule has 2 fully saturated rings. The molecule has 0 saturated carbocycles. The summed E-state index contributed by atoms with van der Waals surface area (Å²) in [6, 6.07) is -2.86. The van der Waals surface area contributed by atoms with Gasteiger partial charge in [-0.3, -0.25) is 28.7 Å². The number of hydrogen-bond donors (Lipinski definition) is 4. The fraction of sp³-hybridized carbons (Fsp3) is 0.750. The number of β-amino-alcohol motifs (C(OH)–C–C–N with tert-alkyl or cyclic N) is 1. The van der Waals surface area contributed by atoms with Crippen LogP contribution in [-0.2, 0) is 28.7 Å². The maximum atomic E-state index is 12.9. The van der Waals surface area contributed by atoms with Gasteiger partial charge < -0.3 is 26.0 Å². The minimum atomic E-state index is -5.08. The van der Waals surface area contributed by atoms with Gasteiger partial charge in [-0.1, -0.05) is 0 Å². The molecule has 0 aliphatic carbocycles. The lowest BCUT2D eigenvalue weighted by Gasteiger charge is -2.27. The highest BCUT2D eigenvalue weighted by molar-refractivity contribution is 6.35. The van der Waals surface area contributed by atoms with Crippen LogP contribution < -0.4 is 16.0 Å². The normalized spacial score (nSPS) is 23.9. The van der Waals surface area contributed by atoms with Crippen molar-refractivity contribution in [1.82, 2.24) is 20.9 Å². The molecule has 14 heteroatoms. The van der Waals surface area contributed by atoms with Gasteiger partial charge in [0.25, 0.3) is 0 Å². The summed E-state index contributed by atoms with van der Waals surface area (Å²) in [6.45, 7) is 3.53.